The van der Waals surface area contributed by atoms with Crippen LogP contribution in [0.4, 0.5) is 5.13 Å². The summed E-state index contributed by atoms with van der Waals surface area (Å²) < 4.78 is 4.48. The fourth-order valence-electron chi connectivity index (χ4n) is 2.36. The highest BCUT2D eigenvalue weighted by molar-refractivity contribution is 7.09. The summed E-state index contributed by atoms with van der Waals surface area (Å²) in [6.45, 7) is 10.2. The maximum absolute atomic E-state index is 4.69. The third-order valence-electron chi connectivity index (χ3n) is 3.41. The molecule has 3 nitrogen and oxygen atoms in total. The maximum atomic E-state index is 4.69. The van der Waals surface area contributed by atoms with Crippen LogP contribution < -0.4 is 4.90 Å². The largest absolute Gasteiger partial charge is 0.344 e. The third-order valence-corrected chi connectivity index (χ3v) is 4.20. The van der Waals surface area contributed by atoms with E-state index < -0.39 is 0 Å². The fourth-order valence-corrected chi connectivity index (χ4v) is 3.17. The first-order valence-electron chi connectivity index (χ1n) is 6.65. The standard InChI is InChI=1S/C13H23N3S/c1-9(2)7-12-14-13(17-15-12)16-8-10(3)5-6-11(16)4/h9-11H,5-8H2,1-4H3. The molecule has 2 unspecified atom stereocenters. The van der Waals surface area contributed by atoms with E-state index in [1.807, 2.05) is 0 Å². The predicted octanol–water partition coefficient (Wildman–Crippen LogP) is 3.36. The van der Waals surface area contributed by atoms with Gasteiger partial charge in [-0.15, -0.1) is 0 Å². The lowest BCUT2D eigenvalue weighted by Crippen LogP contribution is -2.41. The van der Waals surface area contributed by atoms with Gasteiger partial charge in [0.15, 0.2) is 0 Å². The second-order valence-electron chi connectivity index (χ2n) is 5.78. The molecule has 0 radical (unpaired) electrons. The average molecular weight is 253 g/mol. The Labute approximate surface area is 108 Å². The van der Waals surface area contributed by atoms with Crippen LogP contribution in [0.15, 0.2) is 0 Å². The first kappa shape index (κ1) is 12.8. The predicted molar refractivity (Wildman–Crippen MR) is 73.7 cm³/mol. The van der Waals surface area contributed by atoms with Crippen LogP contribution >= 0.6 is 11.5 Å². The lowest BCUT2D eigenvalue weighted by atomic mass is 9.96. The van der Waals surface area contributed by atoms with E-state index >= 15 is 0 Å². The van der Waals surface area contributed by atoms with E-state index in [-0.39, 0.29) is 0 Å². The molecule has 0 bridgehead atoms. The lowest BCUT2D eigenvalue weighted by Gasteiger charge is -2.36. The Bertz CT molecular complexity index is 361. The number of piperidine rings is 1. The third kappa shape index (κ3) is 3.18. The Morgan fingerprint density at radius 2 is 2.12 bits per heavy atom. The van der Waals surface area contributed by atoms with Gasteiger partial charge in [-0.25, -0.2) is 4.98 Å². The van der Waals surface area contributed by atoms with Crippen molar-refractivity contribution < 1.29 is 0 Å². The molecule has 4 heteroatoms. The Morgan fingerprint density at radius 3 is 2.82 bits per heavy atom. The van der Waals surface area contributed by atoms with Crippen LogP contribution in [0.5, 0.6) is 0 Å². The van der Waals surface area contributed by atoms with Crippen LogP contribution in [0, 0.1) is 11.8 Å². The zero-order valence-electron chi connectivity index (χ0n) is 11.3. The molecule has 0 amide bonds. The minimum absolute atomic E-state index is 0.617. The molecule has 1 fully saturated rings. The highest BCUT2D eigenvalue weighted by atomic mass is 32.1. The number of aromatic nitrogens is 2. The van der Waals surface area contributed by atoms with Crippen LogP contribution in [0.2, 0.25) is 0 Å². The molecule has 2 rings (SSSR count). The number of hydrogen-bond donors (Lipinski definition) is 0. The van der Waals surface area contributed by atoms with Crippen LogP contribution in [0.3, 0.4) is 0 Å². The van der Waals surface area contributed by atoms with Gasteiger partial charge in [0.1, 0.15) is 5.82 Å². The Balaban J connectivity index is 2.07. The molecule has 1 aliphatic heterocycles. The quantitative estimate of drug-likeness (QED) is 0.827. The van der Waals surface area contributed by atoms with Crippen molar-refractivity contribution in [3.05, 3.63) is 5.82 Å². The van der Waals surface area contributed by atoms with E-state index in [1.54, 1.807) is 11.5 Å². The molecule has 96 valence electrons. The summed E-state index contributed by atoms with van der Waals surface area (Å²) in [6.07, 6.45) is 3.61. The normalized spacial score (nSPS) is 25.6. The summed E-state index contributed by atoms with van der Waals surface area (Å²) in [5.41, 5.74) is 0. The summed E-state index contributed by atoms with van der Waals surface area (Å²) >= 11 is 1.57. The zero-order valence-corrected chi connectivity index (χ0v) is 12.1. The monoisotopic (exact) mass is 253 g/mol. The Kier molecular flexibility index (Phi) is 4.02. The van der Waals surface area contributed by atoms with Crippen LogP contribution in [0.25, 0.3) is 0 Å². The fraction of sp³-hybridized carbons (Fsp3) is 0.846. The molecule has 1 aromatic rings. The van der Waals surface area contributed by atoms with Gasteiger partial charge in [0.25, 0.3) is 0 Å². The van der Waals surface area contributed by atoms with E-state index in [0.717, 1.165) is 29.8 Å². The number of anilines is 1. The van der Waals surface area contributed by atoms with Crippen molar-refractivity contribution >= 4 is 16.7 Å². The Morgan fingerprint density at radius 1 is 1.35 bits per heavy atom. The summed E-state index contributed by atoms with van der Waals surface area (Å²) in [4.78, 5) is 7.13. The SMILES string of the molecule is CC(C)Cc1nsc(N2CC(C)CCC2C)n1. The van der Waals surface area contributed by atoms with E-state index in [9.17, 15) is 0 Å². The number of rotatable bonds is 3. The highest BCUT2D eigenvalue weighted by Gasteiger charge is 2.25. The van der Waals surface area contributed by atoms with Crippen molar-refractivity contribution in [2.45, 2.75) is 53.0 Å². The first-order valence-corrected chi connectivity index (χ1v) is 7.42. The molecule has 2 heterocycles. The molecule has 0 aromatic carbocycles. The van der Waals surface area contributed by atoms with Crippen molar-refractivity contribution in [3.8, 4) is 0 Å². The summed E-state index contributed by atoms with van der Waals surface area (Å²) in [5.74, 6) is 2.43. The molecule has 1 aromatic heterocycles. The van der Waals surface area contributed by atoms with Gasteiger partial charge in [0.05, 0.1) is 0 Å². The molecular weight excluding hydrogens is 230 g/mol. The smallest absolute Gasteiger partial charge is 0.205 e. The van der Waals surface area contributed by atoms with Crippen molar-refractivity contribution in [3.63, 3.8) is 0 Å². The van der Waals surface area contributed by atoms with Crippen LogP contribution in [-0.2, 0) is 6.42 Å². The zero-order chi connectivity index (χ0) is 12.4. The van der Waals surface area contributed by atoms with Gasteiger partial charge >= 0.3 is 0 Å². The van der Waals surface area contributed by atoms with Crippen molar-refractivity contribution in [1.29, 1.82) is 0 Å². The van der Waals surface area contributed by atoms with E-state index in [4.69, 9.17) is 4.98 Å². The molecule has 0 saturated carbocycles. The van der Waals surface area contributed by atoms with Gasteiger partial charge in [-0.3, -0.25) is 0 Å². The van der Waals surface area contributed by atoms with E-state index in [1.165, 1.54) is 12.8 Å². The maximum Gasteiger partial charge on any atom is 0.205 e. The highest BCUT2D eigenvalue weighted by Crippen LogP contribution is 2.28. The molecule has 0 spiro atoms. The van der Waals surface area contributed by atoms with Gasteiger partial charge in [0.2, 0.25) is 5.13 Å². The van der Waals surface area contributed by atoms with Crippen molar-refractivity contribution in [1.82, 2.24) is 9.36 Å². The second-order valence-corrected chi connectivity index (χ2v) is 6.51. The van der Waals surface area contributed by atoms with Gasteiger partial charge in [-0.05, 0) is 31.6 Å². The molecule has 17 heavy (non-hydrogen) atoms. The van der Waals surface area contributed by atoms with Crippen LogP contribution in [0.1, 0.15) is 46.4 Å². The molecule has 0 N–H and O–H groups in total. The van der Waals surface area contributed by atoms with E-state index in [0.29, 0.717) is 12.0 Å². The van der Waals surface area contributed by atoms with Gasteiger partial charge in [-0.2, -0.15) is 4.37 Å². The van der Waals surface area contributed by atoms with Gasteiger partial charge in [0, 0.05) is 30.5 Å². The Hall–Kier alpha value is -0.640. The summed E-state index contributed by atoms with van der Waals surface area (Å²) in [6, 6.07) is 0.617. The summed E-state index contributed by atoms with van der Waals surface area (Å²) in [5, 5.41) is 1.12. The molecule has 2 atom stereocenters. The molecule has 1 saturated heterocycles. The topological polar surface area (TPSA) is 29.0 Å². The van der Waals surface area contributed by atoms with E-state index in [2.05, 4.69) is 37.0 Å². The lowest BCUT2D eigenvalue weighted by molar-refractivity contribution is 0.390. The molecule has 1 aliphatic rings. The first-order chi connectivity index (χ1) is 8.06. The number of hydrogen-bond acceptors (Lipinski definition) is 4. The van der Waals surface area contributed by atoms with Crippen LogP contribution in [-0.4, -0.2) is 21.9 Å². The van der Waals surface area contributed by atoms with Gasteiger partial charge < -0.3 is 4.90 Å². The average Bonchev–Trinajstić information content (AvgIpc) is 2.69. The van der Waals surface area contributed by atoms with Crippen molar-refractivity contribution in [2.24, 2.45) is 11.8 Å². The minimum Gasteiger partial charge on any atom is -0.344 e. The number of nitrogens with zero attached hydrogens (tertiary/aromatic N) is 3. The minimum atomic E-state index is 0.617. The summed E-state index contributed by atoms with van der Waals surface area (Å²) in [7, 11) is 0. The van der Waals surface area contributed by atoms with Gasteiger partial charge in [-0.1, -0.05) is 20.8 Å². The molecular formula is C13H23N3S. The molecule has 0 aliphatic carbocycles. The van der Waals surface area contributed by atoms with Crippen molar-refractivity contribution in [2.75, 3.05) is 11.4 Å². The second kappa shape index (κ2) is 5.34.